The Bertz CT molecular complexity index is 740. The summed E-state index contributed by atoms with van der Waals surface area (Å²) in [6, 6.07) is 4.90. The van der Waals surface area contributed by atoms with E-state index in [0.717, 1.165) is 27.4 Å². The van der Waals surface area contributed by atoms with Crippen LogP contribution in [0, 0.1) is 11.8 Å². The highest BCUT2D eigenvalue weighted by molar-refractivity contribution is 9.10. The predicted molar refractivity (Wildman–Crippen MR) is 86.5 cm³/mol. The van der Waals surface area contributed by atoms with Crippen LogP contribution in [0.15, 0.2) is 28.9 Å². The number of halogens is 1. The fourth-order valence-corrected chi connectivity index (χ4v) is 3.07. The lowest BCUT2D eigenvalue weighted by Gasteiger charge is -2.14. The maximum Gasteiger partial charge on any atom is 0.326 e. The maximum absolute atomic E-state index is 12.0. The fourth-order valence-electron chi connectivity index (χ4n) is 2.71. The molecule has 3 rings (SSSR count). The highest BCUT2D eigenvalue weighted by atomic mass is 79.9. The first kappa shape index (κ1) is 15.1. The summed E-state index contributed by atoms with van der Waals surface area (Å²) in [5.74, 6) is -0.829. The Balaban J connectivity index is 1.79. The molecule has 3 atom stereocenters. The Labute approximate surface area is 136 Å². The average Bonchev–Trinajstić information content (AvgIpc) is 3.07. The number of nitrogens with one attached hydrogen (secondary N) is 2. The van der Waals surface area contributed by atoms with Crippen molar-refractivity contribution < 1.29 is 14.7 Å². The number of H-pyrrole nitrogens is 1. The predicted octanol–water partition coefficient (Wildman–Crippen LogP) is 2.70. The summed E-state index contributed by atoms with van der Waals surface area (Å²) in [4.78, 5) is 26.6. The number of carboxylic acids is 1. The van der Waals surface area contributed by atoms with Crippen molar-refractivity contribution in [1.82, 2.24) is 10.3 Å². The van der Waals surface area contributed by atoms with Crippen molar-refractivity contribution in [2.24, 2.45) is 11.8 Å². The van der Waals surface area contributed by atoms with Gasteiger partial charge in [0.1, 0.15) is 6.04 Å². The van der Waals surface area contributed by atoms with E-state index in [-0.39, 0.29) is 18.2 Å². The van der Waals surface area contributed by atoms with Crippen LogP contribution in [0.25, 0.3) is 10.9 Å². The molecule has 0 unspecified atom stereocenters. The molecule has 0 aliphatic heterocycles. The molecule has 0 saturated heterocycles. The molecule has 1 aliphatic rings. The van der Waals surface area contributed by atoms with Crippen molar-refractivity contribution in [2.45, 2.75) is 25.8 Å². The van der Waals surface area contributed by atoms with Crippen molar-refractivity contribution in [1.29, 1.82) is 0 Å². The summed E-state index contributed by atoms with van der Waals surface area (Å²) in [7, 11) is 0. The van der Waals surface area contributed by atoms with E-state index in [4.69, 9.17) is 0 Å². The summed E-state index contributed by atoms with van der Waals surface area (Å²) in [6.07, 6.45) is 2.91. The summed E-state index contributed by atoms with van der Waals surface area (Å²) in [6.45, 7) is 2.00. The lowest BCUT2D eigenvalue weighted by atomic mass is 10.0. The molecule has 1 aromatic carbocycles. The minimum atomic E-state index is -1.01. The number of carbonyl (C=O) groups excluding carboxylic acids is 1. The number of benzene rings is 1. The molecule has 0 radical (unpaired) electrons. The molecule has 116 valence electrons. The topological polar surface area (TPSA) is 82.2 Å². The number of aromatic amines is 1. The van der Waals surface area contributed by atoms with E-state index < -0.39 is 12.0 Å². The van der Waals surface area contributed by atoms with Crippen LogP contribution in [0.4, 0.5) is 0 Å². The van der Waals surface area contributed by atoms with Crippen molar-refractivity contribution in [3.8, 4) is 0 Å². The van der Waals surface area contributed by atoms with Gasteiger partial charge in [0.05, 0.1) is 0 Å². The molecule has 1 saturated carbocycles. The van der Waals surface area contributed by atoms with E-state index in [1.54, 1.807) is 6.20 Å². The molecule has 1 fully saturated rings. The average molecular weight is 365 g/mol. The number of fused-ring (bicyclic) bond motifs is 1. The molecular formula is C16H17BrN2O3. The monoisotopic (exact) mass is 364 g/mol. The minimum Gasteiger partial charge on any atom is -0.480 e. The molecule has 1 aliphatic carbocycles. The molecule has 0 bridgehead atoms. The van der Waals surface area contributed by atoms with Crippen molar-refractivity contribution in [2.75, 3.05) is 0 Å². The third kappa shape index (κ3) is 3.02. The summed E-state index contributed by atoms with van der Waals surface area (Å²) in [5, 5.41) is 13.0. The second kappa shape index (κ2) is 5.76. The van der Waals surface area contributed by atoms with Gasteiger partial charge in [-0.2, -0.15) is 0 Å². The van der Waals surface area contributed by atoms with E-state index in [1.807, 2.05) is 25.1 Å². The van der Waals surface area contributed by atoms with Gasteiger partial charge < -0.3 is 15.4 Å². The standard InChI is InChI=1S/C16H17BrN2O3/c1-8-4-11(8)15(20)19-14(16(21)22)5-9-7-18-13-3-2-10(17)6-12(9)13/h2-3,6-8,11,14,18H,4-5H2,1H3,(H,19,20)(H,21,22)/t8-,11-,14-/m1/s1. The molecule has 0 spiro atoms. The van der Waals surface area contributed by atoms with Gasteiger partial charge >= 0.3 is 5.97 Å². The van der Waals surface area contributed by atoms with E-state index in [0.29, 0.717) is 5.92 Å². The molecule has 3 N–H and O–H groups in total. The maximum atomic E-state index is 12.0. The van der Waals surface area contributed by atoms with Gasteiger partial charge in [-0.1, -0.05) is 22.9 Å². The normalized spacial score (nSPS) is 21.5. The fraction of sp³-hybridized carbons (Fsp3) is 0.375. The first-order valence-electron chi connectivity index (χ1n) is 7.24. The van der Waals surface area contributed by atoms with Gasteiger partial charge in [0.2, 0.25) is 5.91 Å². The molecule has 1 amide bonds. The highest BCUT2D eigenvalue weighted by Gasteiger charge is 2.40. The van der Waals surface area contributed by atoms with Gasteiger partial charge in [0, 0.05) is 33.9 Å². The second-order valence-electron chi connectivity index (χ2n) is 5.93. The number of hydrogen-bond acceptors (Lipinski definition) is 2. The largest absolute Gasteiger partial charge is 0.480 e. The van der Waals surface area contributed by atoms with E-state index in [1.165, 1.54) is 0 Å². The number of carboxylic acid groups (broad SMARTS) is 1. The van der Waals surface area contributed by atoms with E-state index in [9.17, 15) is 14.7 Å². The molecule has 22 heavy (non-hydrogen) atoms. The highest BCUT2D eigenvalue weighted by Crippen LogP contribution is 2.37. The summed E-state index contributed by atoms with van der Waals surface area (Å²) < 4.78 is 0.934. The quantitative estimate of drug-likeness (QED) is 0.762. The van der Waals surface area contributed by atoms with Crippen LogP contribution in [0.1, 0.15) is 18.9 Å². The summed E-state index contributed by atoms with van der Waals surface area (Å²) >= 11 is 3.42. The lowest BCUT2D eigenvalue weighted by Crippen LogP contribution is -2.43. The van der Waals surface area contributed by atoms with Crippen molar-refractivity contribution >= 4 is 38.7 Å². The van der Waals surface area contributed by atoms with Gasteiger partial charge in [-0.25, -0.2) is 4.79 Å². The SMILES string of the molecule is C[C@@H]1C[C@H]1C(=O)N[C@H](Cc1c[nH]c2ccc(Br)cc12)C(=O)O. The van der Waals surface area contributed by atoms with Gasteiger partial charge in [0.25, 0.3) is 0 Å². The first-order chi connectivity index (χ1) is 10.5. The van der Waals surface area contributed by atoms with Gasteiger partial charge in [-0.3, -0.25) is 4.79 Å². The number of amides is 1. The smallest absolute Gasteiger partial charge is 0.326 e. The number of hydrogen-bond donors (Lipinski definition) is 3. The van der Waals surface area contributed by atoms with Crippen molar-refractivity contribution in [3.05, 3.63) is 34.4 Å². The molecule has 5 nitrogen and oxygen atoms in total. The Morgan fingerprint density at radius 1 is 1.50 bits per heavy atom. The Morgan fingerprint density at radius 3 is 2.86 bits per heavy atom. The second-order valence-corrected chi connectivity index (χ2v) is 6.84. The number of carbonyl (C=O) groups is 2. The van der Waals surface area contributed by atoms with Gasteiger partial charge in [0.15, 0.2) is 0 Å². The molecule has 1 heterocycles. The van der Waals surface area contributed by atoms with Crippen molar-refractivity contribution in [3.63, 3.8) is 0 Å². The Morgan fingerprint density at radius 2 is 2.23 bits per heavy atom. The van der Waals surface area contributed by atoms with Crippen LogP contribution in [-0.2, 0) is 16.0 Å². The Hall–Kier alpha value is -1.82. The zero-order valence-electron chi connectivity index (χ0n) is 12.1. The Kier molecular flexibility index (Phi) is 3.95. The van der Waals surface area contributed by atoms with Crippen LogP contribution in [-0.4, -0.2) is 28.0 Å². The van der Waals surface area contributed by atoms with Crippen LogP contribution >= 0.6 is 15.9 Å². The zero-order chi connectivity index (χ0) is 15.9. The van der Waals surface area contributed by atoms with E-state index >= 15 is 0 Å². The third-order valence-electron chi connectivity index (χ3n) is 4.21. The van der Waals surface area contributed by atoms with Crippen LogP contribution in [0.5, 0.6) is 0 Å². The van der Waals surface area contributed by atoms with Crippen LogP contribution in [0.2, 0.25) is 0 Å². The van der Waals surface area contributed by atoms with Crippen LogP contribution < -0.4 is 5.32 Å². The number of aromatic nitrogens is 1. The molecule has 6 heteroatoms. The summed E-state index contributed by atoms with van der Waals surface area (Å²) in [5.41, 5.74) is 1.83. The van der Waals surface area contributed by atoms with Gasteiger partial charge in [-0.15, -0.1) is 0 Å². The van der Waals surface area contributed by atoms with Gasteiger partial charge in [-0.05, 0) is 36.1 Å². The first-order valence-corrected chi connectivity index (χ1v) is 8.03. The third-order valence-corrected chi connectivity index (χ3v) is 4.71. The lowest BCUT2D eigenvalue weighted by molar-refractivity contribution is -0.142. The van der Waals surface area contributed by atoms with E-state index in [2.05, 4.69) is 26.2 Å². The number of aliphatic carboxylic acids is 1. The molecule has 1 aromatic heterocycles. The molecule has 2 aromatic rings. The number of rotatable bonds is 5. The van der Waals surface area contributed by atoms with Crippen LogP contribution in [0.3, 0.4) is 0 Å². The minimum absolute atomic E-state index is 0.0287. The zero-order valence-corrected chi connectivity index (χ0v) is 13.7. The molecular weight excluding hydrogens is 348 g/mol.